The fourth-order valence-electron chi connectivity index (χ4n) is 2.18. The highest BCUT2D eigenvalue weighted by Crippen LogP contribution is 2.30. The zero-order valence-corrected chi connectivity index (χ0v) is 7.85. The molecule has 72 valence electrons. The van der Waals surface area contributed by atoms with Crippen LogP contribution < -0.4 is 4.90 Å². The van der Waals surface area contributed by atoms with Gasteiger partial charge in [-0.05, 0) is 18.1 Å². The van der Waals surface area contributed by atoms with Crippen molar-refractivity contribution < 1.29 is 5.11 Å². The number of fused-ring (bicyclic) bond motifs is 3. The van der Waals surface area contributed by atoms with Gasteiger partial charge in [-0.15, -0.1) is 0 Å². The molecule has 14 heavy (non-hydrogen) atoms. The molecule has 3 rings (SSSR count). The van der Waals surface area contributed by atoms with Crippen LogP contribution in [0.25, 0.3) is 0 Å². The summed E-state index contributed by atoms with van der Waals surface area (Å²) < 4.78 is 0. The van der Waals surface area contributed by atoms with Crippen LogP contribution in [-0.2, 0) is 6.54 Å². The lowest BCUT2D eigenvalue weighted by Crippen LogP contribution is -2.32. The van der Waals surface area contributed by atoms with E-state index in [1.54, 1.807) is 0 Å². The molecule has 0 saturated carbocycles. The Bertz CT molecular complexity index is 400. The van der Waals surface area contributed by atoms with Crippen LogP contribution >= 0.6 is 0 Å². The molecule has 0 aliphatic carbocycles. The predicted molar refractivity (Wildman–Crippen MR) is 55.6 cm³/mol. The van der Waals surface area contributed by atoms with Crippen LogP contribution in [0.4, 0.5) is 5.69 Å². The second kappa shape index (κ2) is 2.82. The first kappa shape index (κ1) is 8.00. The number of aliphatic hydroxyl groups excluding tert-OH is 1. The molecule has 1 fully saturated rings. The van der Waals surface area contributed by atoms with E-state index in [4.69, 9.17) is 0 Å². The highest BCUT2D eigenvalue weighted by Gasteiger charge is 2.31. The van der Waals surface area contributed by atoms with Crippen molar-refractivity contribution in [2.24, 2.45) is 4.99 Å². The van der Waals surface area contributed by atoms with Gasteiger partial charge in [-0.25, -0.2) is 0 Å². The minimum Gasteiger partial charge on any atom is -0.385 e. The van der Waals surface area contributed by atoms with Gasteiger partial charge in [0.2, 0.25) is 0 Å². The lowest BCUT2D eigenvalue weighted by molar-refractivity contribution is 0.245. The van der Waals surface area contributed by atoms with Crippen LogP contribution in [-0.4, -0.2) is 23.6 Å². The number of aliphatic imine (C=N–C) groups is 1. The molecule has 0 radical (unpaired) electrons. The Kier molecular flexibility index (Phi) is 1.61. The Morgan fingerprint density at radius 1 is 1.36 bits per heavy atom. The van der Waals surface area contributed by atoms with Gasteiger partial charge >= 0.3 is 0 Å². The quantitative estimate of drug-likeness (QED) is 0.663. The fraction of sp³-hybridized carbons (Fsp3) is 0.364. The van der Waals surface area contributed by atoms with Crippen molar-refractivity contribution in [3.63, 3.8) is 0 Å². The Labute approximate surface area is 82.7 Å². The molecule has 1 unspecified atom stereocenters. The van der Waals surface area contributed by atoms with Gasteiger partial charge in [0, 0.05) is 12.2 Å². The zero-order chi connectivity index (χ0) is 9.54. The Hall–Kier alpha value is -1.35. The number of hydrogen-bond donors (Lipinski definition) is 1. The molecule has 1 N–H and O–H groups in total. The number of aliphatic hydroxyl groups is 1. The molecular weight excluding hydrogens is 176 g/mol. The van der Waals surface area contributed by atoms with Gasteiger partial charge < -0.3 is 10.0 Å². The first-order valence-electron chi connectivity index (χ1n) is 4.94. The van der Waals surface area contributed by atoms with Crippen LogP contribution in [0.1, 0.15) is 12.0 Å². The van der Waals surface area contributed by atoms with Crippen LogP contribution in [0.2, 0.25) is 0 Å². The summed E-state index contributed by atoms with van der Waals surface area (Å²) in [4.78, 5) is 6.53. The van der Waals surface area contributed by atoms with Gasteiger partial charge in [0.05, 0.1) is 6.54 Å². The highest BCUT2D eigenvalue weighted by molar-refractivity contribution is 6.04. The van der Waals surface area contributed by atoms with Crippen LogP contribution in [0.5, 0.6) is 0 Å². The summed E-state index contributed by atoms with van der Waals surface area (Å²) in [7, 11) is 0. The molecule has 1 atom stereocenters. The topological polar surface area (TPSA) is 35.8 Å². The minimum atomic E-state index is -0.358. The Morgan fingerprint density at radius 3 is 3.14 bits per heavy atom. The van der Waals surface area contributed by atoms with Crippen LogP contribution in [0, 0.1) is 0 Å². The third kappa shape index (κ3) is 0.990. The molecule has 1 aromatic rings. The maximum atomic E-state index is 9.68. The largest absolute Gasteiger partial charge is 0.385 e. The van der Waals surface area contributed by atoms with Crippen LogP contribution in [0.15, 0.2) is 29.3 Å². The average molecular weight is 188 g/mol. The summed E-state index contributed by atoms with van der Waals surface area (Å²) >= 11 is 0. The molecule has 2 heterocycles. The monoisotopic (exact) mass is 188 g/mol. The van der Waals surface area contributed by atoms with Gasteiger partial charge in [0.15, 0.2) is 0 Å². The average Bonchev–Trinajstić information content (AvgIpc) is 2.61. The van der Waals surface area contributed by atoms with Gasteiger partial charge in [0.1, 0.15) is 11.9 Å². The van der Waals surface area contributed by atoms with Crippen molar-refractivity contribution in [3.05, 3.63) is 29.8 Å². The molecule has 0 amide bonds. The molecule has 1 saturated heterocycles. The maximum Gasteiger partial charge on any atom is 0.133 e. The molecule has 0 aromatic heterocycles. The molecule has 0 bridgehead atoms. The zero-order valence-electron chi connectivity index (χ0n) is 7.85. The second-order valence-electron chi connectivity index (χ2n) is 3.76. The first-order chi connectivity index (χ1) is 6.86. The number of hydrogen-bond acceptors (Lipinski definition) is 3. The smallest absolute Gasteiger partial charge is 0.133 e. The van der Waals surface area contributed by atoms with E-state index >= 15 is 0 Å². The van der Waals surface area contributed by atoms with E-state index in [2.05, 4.69) is 22.0 Å². The van der Waals surface area contributed by atoms with Crippen molar-refractivity contribution in [1.29, 1.82) is 0 Å². The third-order valence-electron chi connectivity index (χ3n) is 2.89. The minimum absolute atomic E-state index is 0.358. The lowest BCUT2D eigenvalue weighted by atomic mass is 10.1. The number of para-hydroxylation sites is 1. The summed E-state index contributed by atoms with van der Waals surface area (Å²) in [6.07, 6.45) is 0.441. The fourth-order valence-corrected chi connectivity index (χ4v) is 2.18. The van der Waals surface area contributed by atoms with Crippen molar-refractivity contribution in [1.82, 2.24) is 0 Å². The number of rotatable bonds is 0. The Balaban J connectivity index is 2.09. The number of anilines is 1. The normalized spacial score (nSPS) is 24.2. The van der Waals surface area contributed by atoms with Gasteiger partial charge in [0.25, 0.3) is 0 Å². The van der Waals surface area contributed by atoms with Gasteiger partial charge in [-0.1, -0.05) is 18.2 Å². The molecule has 0 spiro atoms. The van der Waals surface area contributed by atoms with E-state index in [0.717, 1.165) is 18.8 Å². The summed E-state index contributed by atoms with van der Waals surface area (Å²) in [5, 5.41) is 9.68. The summed E-state index contributed by atoms with van der Waals surface area (Å²) in [5.74, 6) is 0.851. The van der Waals surface area contributed by atoms with E-state index < -0.39 is 0 Å². The number of amidine groups is 1. The standard InChI is InChI=1S/C11H12N2O/c14-10-5-6-13-9-4-2-1-3-8(9)7-12-11(10)13/h1-4,10,14H,5-7H2. The van der Waals surface area contributed by atoms with E-state index in [1.165, 1.54) is 11.3 Å². The SMILES string of the molecule is OC1CCN2C1=NCc1ccccc12. The summed E-state index contributed by atoms with van der Waals surface area (Å²) in [6.45, 7) is 1.59. The van der Waals surface area contributed by atoms with Gasteiger partial charge in [-0.3, -0.25) is 4.99 Å². The predicted octanol–water partition coefficient (Wildman–Crippen LogP) is 1.17. The van der Waals surface area contributed by atoms with Crippen molar-refractivity contribution in [2.45, 2.75) is 19.1 Å². The van der Waals surface area contributed by atoms with Crippen molar-refractivity contribution in [3.8, 4) is 0 Å². The van der Waals surface area contributed by atoms with E-state index in [1.807, 2.05) is 12.1 Å². The second-order valence-corrected chi connectivity index (χ2v) is 3.76. The Morgan fingerprint density at radius 2 is 2.21 bits per heavy atom. The molecular formula is C11H12N2O. The van der Waals surface area contributed by atoms with Crippen molar-refractivity contribution >= 4 is 11.5 Å². The lowest BCUT2D eigenvalue weighted by Gasteiger charge is -2.26. The summed E-state index contributed by atoms with van der Waals surface area (Å²) in [5.41, 5.74) is 2.47. The van der Waals surface area contributed by atoms with E-state index in [0.29, 0.717) is 6.54 Å². The first-order valence-corrected chi connectivity index (χ1v) is 4.94. The molecule has 3 heteroatoms. The third-order valence-corrected chi connectivity index (χ3v) is 2.89. The van der Waals surface area contributed by atoms with E-state index in [9.17, 15) is 5.11 Å². The maximum absolute atomic E-state index is 9.68. The van der Waals surface area contributed by atoms with Gasteiger partial charge in [-0.2, -0.15) is 0 Å². The molecule has 1 aromatic carbocycles. The van der Waals surface area contributed by atoms with Crippen molar-refractivity contribution in [2.75, 3.05) is 11.4 Å². The number of nitrogens with zero attached hydrogens (tertiary/aromatic N) is 2. The highest BCUT2D eigenvalue weighted by atomic mass is 16.3. The number of benzene rings is 1. The molecule has 3 nitrogen and oxygen atoms in total. The summed E-state index contributed by atoms with van der Waals surface area (Å²) in [6, 6.07) is 8.26. The molecule has 2 aliphatic heterocycles. The van der Waals surface area contributed by atoms with Crippen LogP contribution in [0.3, 0.4) is 0 Å². The van der Waals surface area contributed by atoms with E-state index in [-0.39, 0.29) is 6.10 Å². The molecule has 2 aliphatic rings.